The van der Waals surface area contributed by atoms with Gasteiger partial charge in [0.25, 0.3) is 0 Å². The van der Waals surface area contributed by atoms with Gasteiger partial charge in [0.1, 0.15) is 0 Å². The average molecular weight is 561 g/mol. The van der Waals surface area contributed by atoms with Crippen LogP contribution in [0.15, 0.2) is 22.0 Å². The van der Waals surface area contributed by atoms with Crippen LogP contribution in [0.3, 0.4) is 0 Å². The first-order valence-corrected chi connectivity index (χ1v) is 15.8. The molecule has 2 N–H and O–H groups in total. The topological polar surface area (TPSA) is 128 Å². The first kappa shape index (κ1) is 31.1. The highest BCUT2D eigenvalue weighted by molar-refractivity contribution is 7.85. The summed E-state index contributed by atoms with van der Waals surface area (Å²) in [5.41, 5.74) is -1.13. The lowest BCUT2D eigenvalue weighted by molar-refractivity contribution is 0.272. The van der Waals surface area contributed by atoms with Crippen LogP contribution in [-0.4, -0.2) is 59.9 Å². The van der Waals surface area contributed by atoms with E-state index in [0.717, 1.165) is 0 Å². The molecule has 10 nitrogen and oxygen atoms in total. The molecule has 2 atom stereocenters. The molecule has 0 saturated carbocycles. The second-order valence-electron chi connectivity index (χ2n) is 11.2. The van der Waals surface area contributed by atoms with Crippen molar-refractivity contribution < 1.29 is 18.6 Å². The van der Waals surface area contributed by atoms with Gasteiger partial charge in [0, 0.05) is 70.8 Å². The molecule has 0 aliphatic heterocycles. The summed E-state index contributed by atoms with van der Waals surface area (Å²) in [7, 11) is -2.11. The Balaban J connectivity index is 1.74. The van der Waals surface area contributed by atoms with Crippen molar-refractivity contribution >= 4 is 21.6 Å². The van der Waals surface area contributed by atoms with E-state index in [0.29, 0.717) is 68.5 Å². The van der Waals surface area contributed by atoms with E-state index in [1.165, 1.54) is 30.7 Å². The maximum absolute atomic E-state index is 12.6. The normalized spacial score (nSPS) is 14.2. The molecule has 0 amide bonds. The van der Waals surface area contributed by atoms with Crippen LogP contribution in [0, 0.1) is 10.8 Å². The quantitative estimate of drug-likeness (QED) is 0.325. The Morgan fingerprint density at radius 3 is 1.35 bits per heavy atom. The van der Waals surface area contributed by atoms with Gasteiger partial charge in [0.2, 0.25) is 11.8 Å². The molecule has 2 aromatic heterocycles. The van der Waals surface area contributed by atoms with Gasteiger partial charge in [-0.25, -0.2) is 9.59 Å². The molecule has 0 fully saturated rings. The Labute approximate surface area is 224 Å². The predicted octanol–water partition coefficient (Wildman–Crippen LogP) is 2.48. The highest BCUT2D eigenvalue weighted by atomic mass is 32.2. The molecular formula is C25H44N4O6S2. The predicted molar refractivity (Wildman–Crippen MR) is 149 cm³/mol. The van der Waals surface area contributed by atoms with E-state index in [9.17, 15) is 28.2 Å². The molecule has 2 unspecified atom stereocenters. The zero-order valence-corrected chi connectivity index (χ0v) is 24.7. The summed E-state index contributed by atoms with van der Waals surface area (Å²) in [5.74, 6) is 1.77. The SMILES string of the molecule is CCn1cc(O)n(CC(C)(C)CCS(=O)CCCS(=O)CCC(C)(C)Cn2c(O)cn(CC)c2=O)c1=O. The van der Waals surface area contributed by atoms with Crippen molar-refractivity contribution in [3.05, 3.63) is 33.4 Å². The summed E-state index contributed by atoms with van der Waals surface area (Å²) < 4.78 is 30.7. The maximum Gasteiger partial charge on any atom is 0.331 e. The first-order chi connectivity index (χ1) is 17.2. The van der Waals surface area contributed by atoms with Crippen molar-refractivity contribution in [2.45, 2.75) is 87.0 Å². The largest absolute Gasteiger partial charge is 0.493 e. The number of imidazole rings is 2. The summed E-state index contributed by atoms with van der Waals surface area (Å²) in [6.07, 6.45) is 4.73. The molecule has 0 radical (unpaired) electrons. The average Bonchev–Trinajstić information content (AvgIpc) is 3.25. The third-order valence-corrected chi connectivity index (χ3v) is 9.47. The van der Waals surface area contributed by atoms with Gasteiger partial charge in [0.15, 0.2) is 0 Å². The molecule has 0 aromatic carbocycles. The van der Waals surface area contributed by atoms with E-state index in [-0.39, 0.29) is 34.0 Å². The van der Waals surface area contributed by atoms with Crippen LogP contribution in [0.25, 0.3) is 0 Å². The van der Waals surface area contributed by atoms with Gasteiger partial charge in [-0.3, -0.25) is 26.7 Å². The van der Waals surface area contributed by atoms with Crippen LogP contribution in [-0.2, 0) is 47.8 Å². The molecule has 2 aromatic rings. The molecule has 37 heavy (non-hydrogen) atoms. The molecule has 0 bridgehead atoms. The van der Waals surface area contributed by atoms with Crippen molar-refractivity contribution in [1.29, 1.82) is 0 Å². The second kappa shape index (κ2) is 13.1. The van der Waals surface area contributed by atoms with Crippen molar-refractivity contribution in [3.63, 3.8) is 0 Å². The van der Waals surface area contributed by atoms with Crippen LogP contribution < -0.4 is 11.4 Å². The van der Waals surface area contributed by atoms with Gasteiger partial charge in [-0.15, -0.1) is 0 Å². The molecule has 2 rings (SSSR count). The highest BCUT2D eigenvalue weighted by Gasteiger charge is 2.24. The fraction of sp³-hybridized carbons (Fsp3) is 0.760. The molecule has 0 saturated heterocycles. The fourth-order valence-electron chi connectivity index (χ4n) is 4.16. The van der Waals surface area contributed by atoms with Gasteiger partial charge in [-0.2, -0.15) is 0 Å². The van der Waals surface area contributed by atoms with Gasteiger partial charge < -0.3 is 10.2 Å². The zero-order valence-electron chi connectivity index (χ0n) is 23.1. The monoisotopic (exact) mass is 560 g/mol. The molecule has 0 aliphatic rings. The maximum atomic E-state index is 12.6. The third-order valence-electron chi connectivity index (χ3n) is 6.66. The van der Waals surface area contributed by atoms with Gasteiger partial charge in [0.05, 0.1) is 12.4 Å². The second-order valence-corrected chi connectivity index (χ2v) is 14.6. The Morgan fingerprint density at radius 1 is 0.703 bits per heavy atom. The van der Waals surface area contributed by atoms with Crippen molar-refractivity contribution in [2.24, 2.45) is 10.8 Å². The van der Waals surface area contributed by atoms with E-state index >= 15 is 0 Å². The number of nitrogens with zero attached hydrogens (tertiary/aromatic N) is 4. The lowest BCUT2D eigenvalue weighted by atomic mass is 9.90. The molecule has 2 heterocycles. The van der Waals surface area contributed by atoms with E-state index < -0.39 is 21.6 Å². The molecule has 0 aliphatic carbocycles. The number of aromatic nitrogens is 4. The van der Waals surface area contributed by atoms with Gasteiger partial charge >= 0.3 is 11.4 Å². The number of rotatable bonds is 16. The van der Waals surface area contributed by atoms with E-state index in [4.69, 9.17) is 0 Å². The van der Waals surface area contributed by atoms with Crippen LogP contribution in [0.4, 0.5) is 0 Å². The Morgan fingerprint density at radius 2 is 1.05 bits per heavy atom. The summed E-state index contributed by atoms with van der Waals surface area (Å²) in [5, 5.41) is 20.2. The number of hydrogen-bond donors (Lipinski definition) is 2. The first-order valence-electron chi connectivity index (χ1n) is 12.9. The van der Waals surface area contributed by atoms with E-state index in [1.807, 2.05) is 41.5 Å². The van der Waals surface area contributed by atoms with E-state index in [1.54, 1.807) is 0 Å². The smallest absolute Gasteiger partial charge is 0.331 e. The minimum atomic E-state index is -1.06. The van der Waals surface area contributed by atoms with Crippen molar-refractivity contribution in [1.82, 2.24) is 18.3 Å². The Kier molecular flexibility index (Phi) is 11.0. The van der Waals surface area contributed by atoms with Crippen molar-refractivity contribution in [2.75, 3.05) is 23.0 Å². The lowest BCUT2D eigenvalue weighted by Crippen LogP contribution is -2.31. The standard InChI is InChI=1S/C25H44N4O6S2/c1-7-26-16-20(30)28(22(26)32)18-24(3,4)10-14-36(34)12-9-13-37(35)15-11-25(5,6)19-29-21(31)17-27(8-2)23(29)33/h16-17,30-31H,7-15,18-19H2,1-6H3. The van der Waals surface area contributed by atoms with Crippen molar-refractivity contribution in [3.8, 4) is 11.8 Å². The Hall–Kier alpha value is -2.08. The Bertz CT molecular complexity index is 1110. The third kappa shape index (κ3) is 9.01. The number of aryl methyl sites for hydroxylation is 2. The minimum absolute atomic E-state index is 0.0602. The molecule has 12 heteroatoms. The summed E-state index contributed by atoms with van der Waals surface area (Å²) >= 11 is 0. The van der Waals surface area contributed by atoms with E-state index in [2.05, 4.69) is 0 Å². The van der Waals surface area contributed by atoms with Gasteiger partial charge in [-0.1, -0.05) is 27.7 Å². The van der Waals surface area contributed by atoms with Gasteiger partial charge in [-0.05, 0) is 43.9 Å². The fourth-order valence-corrected chi connectivity index (χ4v) is 7.25. The highest BCUT2D eigenvalue weighted by Crippen LogP contribution is 2.26. The van der Waals surface area contributed by atoms with Crippen LogP contribution in [0.5, 0.6) is 11.8 Å². The summed E-state index contributed by atoms with van der Waals surface area (Å²) in [4.78, 5) is 24.7. The number of aromatic hydroxyl groups is 2. The summed E-state index contributed by atoms with van der Waals surface area (Å²) in [6.45, 7) is 13.3. The molecular weight excluding hydrogens is 516 g/mol. The zero-order chi connectivity index (χ0) is 28.0. The number of hydrogen-bond acceptors (Lipinski definition) is 6. The van der Waals surface area contributed by atoms with Crippen LogP contribution >= 0.6 is 0 Å². The van der Waals surface area contributed by atoms with Crippen LogP contribution in [0.2, 0.25) is 0 Å². The minimum Gasteiger partial charge on any atom is -0.493 e. The molecule has 0 spiro atoms. The van der Waals surface area contributed by atoms with Crippen LogP contribution in [0.1, 0.15) is 60.8 Å². The summed E-state index contributed by atoms with van der Waals surface area (Å²) in [6, 6.07) is 0. The lowest BCUT2D eigenvalue weighted by Gasteiger charge is -2.25. The molecule has 212 valence electrons.